The maximum Gasteiger partial charge on any atom is 0.323 e. The summed E-state index contributed by atoms with van der Waals surface area (Å²) in [5.74, 6) is -0.390. The lowest BCUT2D eigenvalue weighted by molar-refractivity contribution is 0.102. The molecule has 0 bridgehead atoms. The number of nitrogens with zero attached hydrogens (tertiary/aromatic N) is 1. The first kappa shape index (κ1) is 17.4. The van der Waals surface area contributed by atoms with E-state index in [1.165, 1.54) is 12.3 Å². The van der Waals surface area contributed by atoms with Gasteiger partial charge in [0.25, 0.3) is 5.91 Å². The van der Waals surface area contributed by atoms with Crippen molar-refractivity contribution in [1.29, 1.82) is 0 Å². The first-order chi connectivity index (χ1) is 12.6. The second-order valence-electron chi connectivity index (χ2n) is 5.34. The number of hydrogen-bond acceptors (Lipinski definition) is 3. The minimum absolute atomic E-state index is 0.206. The van der Waals surface area contributed by atoms with Crippen LogP contribution in [-0.4, -0.2) is 16.9 Å². The zero-order valence-electron chi connectivity index (χ0n) is 13.6. The molecule has 0 unspecified atom stereocenters. The molecule has 2 aromatic carbocycles. The van der Waals surface area contributed by atoms with E-state index >= 15 is 0 Å². The van der Waals surface area contributed by atoms with Crippen LogP contribution in [-0.2, 0) is 0 Å². The molecular formula is C19H15ClN4O2. The molecule has 0 spiro atoms. The number of rotatable bonds is 4. The highest BCUT2D eigenvalue weighted by molar-refractivity contribution is 6.31. The van der Waals surface area contributed by atoms with Crippen molar-refractivity contribution in [1.82, 2.24) is 4.98 Å². The minimum atomic E-state index is -0.390. The minimum Gasteiger partial charge on any atom is -0.321 e. The Morgan fingerprint density at radius 1 is 0.769 bits per heavy atom. The number of urea groups is 1. The van der Waals surface area contributed by atoms with Crippen molar-refractivity contribution in [3.63, 3.8) is 0 Å². The van der Waals surface area contributed by atoms with E-state index in [9.17, 15) is 9.59 Å². The van der Waals surface area contributed by atoms with E-state index in [-0.39, 0.29) is 11.7 Å². The van der Waals surface area contributed by atoms with Crippen LogP contribution in [0.3, 0.4) is 0 Å². The normalized spacial score (nSPS) is 10.0. The molecule has 26 heavy (non-hydrogen) atoms. The van der Waals surface area contributed by atoms with Crippen molar-refractivity contribution in [2.45, 2.75) is 0 Å². The molecule has 1 heterocycles. The summed E-state index contributed by atoms with van der Waals surface area (Å²) in [6.07, 6.45) is 1.46. The number of halogens is 1. The monoisotopic (exact) mass is 366 g/mol. The van der Waals surface area contributed by atoms with Crippen LogP contribution in [0, 0.1) is 0 Å². The Labute approximate surface area is 155 Å². The molecule has 7 heteroatoms. The highest BCUT2D eigenvalue weighted by atomic mass is 35.5. The van der Waals surface area contributed by atoms with Gasteiger partial charge in [-0.1, -0.05) is 35.9 Å². The summed E-state index contributed by atoms with van der Waals surface area (Å²) in [5.41, 5.74) is 1.95. The molecule has 3 aromatic rings. The highest BCUT2D eigenvalue weighted by Gasteiger charge is 2.09. The Morgan fingerprint density at radius 3 is 2.15 bits per heavy atom. The summed E-state index contributed by atoms with van der Waals surface area (Å²) < 4.78 is 0. The lowest BCUT2D eigenvalue weighted by atomic mass is 10.2. The van der Waals surface area contributed by atoms with Gasteiger partial charge in [0.15, 0.2) is 0 Å². The van der Waals surface area contributed by atoms with E-state index < -0.39 is 5.91 Å². The molecule has 0 fully saturated rings. The molecule has 0 aliphatic rings. The number of benzene rings is 2. The number of carbonyl (C=O) groups is 2. The fourth-order valence-electron chi connectivity index (χ4n) is 2.21. The van der Waals surface area contributed by atoms with Gasteiger partial charge in [0.2, 0.25) is 0 Å². The lowest BCUT2D eigenvalue weighted by Crippen LogP contribution is -2.19. The average molecular weight is 367 g/mol. The number of hydrogen-bond donors (Lipinski definition) is 3. The quantitative estimate of drug-likeness (QED) is 0.629. The first-order valence-corrected chi connectivity index (χ1v) is 8.14. The van der Waals surface area contributed by atoms with E-state index in [2.05, 4.69) is 20.9 Å². The van der Waals surface area contributed by atoms with Crippen LogP contribution >= 0.6 is 11.6 Å². The van der Waals surface area contributed by atoms with Crippen LogP contribution in [0.1, 0.15) is 10.5 Å². The second-order valence-corrected chi connectivity index (χ2v) is 5.78. The molecule has 3 N–H and O–H groups in total. The second kappa shape index (κ2) is 8.13. The van der Waals surface area contributed by atoms with E-state index in [0.29, 0.717) is 22.1 Å². The van der Waals surface area contributed by atoms with Crippen molar-refractivity contribution < 1.29 is 9.59 Å². The van der Waals surface area contributed by atoms with Crippen LogP contribution in [0.25, 0.3) is 0 Å². The van der Waals surface area contributed by atoms with Gasteiger partial charge in [-0.2, -0.15) is 0 Å². The number of amides is 3. The predicted molar refractivity (Wildman–Crippen MR) is 103 cm³/mol. The topological polar surface area (TPSA) is 83.1 Å². The Morgan fingerprint density at radius 2 is 1.42 bits per heavy atom. The van der Waals surface area contributed by atoms with Crippen LogP contribution in [0.4, 0.5) is 21.9 Å². The molecule has 1 aromatic heterocycles. The smallest absolute Gasteiger partial charge is 0.321 e. The zero-order valence-corrected chi connectivity index (χ0v) is 14.3. The predicted octanol–water partition coefficient (Wildman–Crippen LogP) is 4.63. The molecule has 0 saturated carbocycles. The Kier molecular flexibility index (Phi) is 5.46. The molecule has 3 rings (SSSR count). The molecule has 0 aliphatic carbocycles. The van der Waals surface area contributed by atoms with Crippen molar-refractivity contribution in [3.05, 3.63) is 83.6 Å². The Balaban J connectivity index is 1.64. The maximum atomic E-state index is 12.2. The van der Waals surface area contributed by atoms with Crippen LogP contribution in [0.5, 0.6) is 0 Å². The SMILES string of the molecule is O=C(Nc1ccccc1)Nc1cccc(NC(=O)c2cc(Cl)ccn2)c1. The molecule has 6 nitrogen and oxygen atoms in total. The van der Waals surface area contributed by atoms with Gasteiger partial charge in [-0.05, 0) is 42.5 Å². The number of para-hydroxylation sites is 1. The maximum absolute atomic E-state index is 12.2. The number of aromatic nitrogens is 1. The summed E-state index contributed by atoms with van der Waals surface area (Å²) in [5, 5.41) is 8.58. The van der Waals surface area contributed by atoms with Crippen LogP contribution in [0.15, 0.2) is 72.9 Å². The summed E-state index contributed by atoms with van der Waals surface area (Å²) in [6.45, 7) is 0. The fraction of sp³-hybridized carbons (Fsp3) is 0. The van der Waals surface area contributed by atoms with Crippen molar-refractivity contribution >= 4 is 40.6 Å². The fourth-order valence-corrected chi connectivity index (χ4v) is 2.37. The molecule has 3 amide bonds. The zero-order chi connectivity index (χ0) is 18.4. The van der Waals surface area contributed by atoms with E-state index in [1.807, 2.05) is 18.2 Å². The Hall–Kier alpha value is -3.38. The van der Waals surface area contributed by atoms with E-state index in [1.54, 1.807) is 42.5 Å². The molecular weight excluding hydrogens is 352 g/mol. The molecule has 0 aliphatic heterocycles. The van der Waals surface area contributed by atoms with Gasteiger partial charge in [-0.3, -0.25) is 9.78 Å². The van der Waals surface area contributed by atoms with Gasteiger partial charge in [0.1, 0.15) is 5.69 Å². The first-order valence-electron chi connectivity index (χ1n) is 7.76. The van der Waals surface area contributed by atoms with Gasteiger partial charge in [-0.25, -0.2) is 4.79 Å². The van der Waals surface area contributed by atoms with Gasteiger partial charge >= 0.3 is 6.03 Å². The standard InChI is InChI=1S/C19H15ClN4O2/c20-13-9-10-21-17(11-13)18(25)22-15-7-4-8-16(12-15)24-19(26)23-14-5-2-1-3-6-14/h1-12H,(H,22,25)(H2,23,24,26). The van der Waals surface area contributed by atoms with Gasteiger partial charge in [0, 0.05) is 28.3 Å². The largest absolute Gasteiger partial charge is 0.323 e. The Bertz CT molecular complexity index is 932. The van der Waals surface area contributed by atoms with Crippen molar-refractivity contribution in [2.75, 3.05) is 16.0 Å². The third kappa shape index (κ3) is 4.81. The van der Waals surface area contributed by atoms with E-state index in [0.717, 1.165) is 0 Å². The van der Waals surface area contributed by atoms with Crippen LogP contribution < -0.4 is 16.0 Å². The van der Waals surface area contributed by atoms with Crippen LogP contribution in [0.2, 0.25) is 5.02 Å². The van der Waals surface area contributed by atoms with E-state index in [4.69, 9.17) is 11.6 Å². The average Bonchev–Trinajstić information content (AvgIpc) is 2.62. The third-order valence-corrected chi connectivity index (χ3v) is 3.60. The summed E-state index contributed by atoms with van der Waals surface area (Å²) in [7, 11) is 0. The van der Waals surface area contributed by atoms with Crippen molar-refractivity contribution in [2.24, 2.45) is 0 Å². The number of pyridine rings is 1. The van der Waals surface area contributed by atoms with Gasteiger partial charge < -0.3 is 16.0 Å². The molecule has 0 saturated heterocycles. The van der Waals surface area contributed by atoms with Crippen molar-refractivity contribution in [3.8, 4) is 0 Å². The third-order valence-electron chi connectivity index (χ3n) is 3.36. The highest BCUT2D eigenvalue weighted by Crippen LogP contribution is 2.17. The summed E-state index contributed by atoms with van der Waals surface area (Å²) in [6, 6.07) is 18.6. The summed E-state index contributed by atoms with van der Waals surface area (Å²) in [4.78, 5) is 28.2. The molecule has 130 valence electrons. The molecule has 0 radical (unpaired) electrons. The number of anilines is 3. The van der Waals surface area contributed by atoms with Gasteiger partial charge in [0.05, 0.1) is 0 Å². The van der Waals surface area contributed by atoms with Gasteiger partial charge in [-0.15, -0.1) is 0 Å². The number of nitrogens with one attached hydrogen (secondary N) is 3. The summed E-state index contributed by atoms with van der Waals surface area (Å²) >= 11 is 5.87. The molecule has 0 atom stereocenters. The number of carbonyl (C=O) groups excluding carboxylic acids is 2. The lowest BCUT2D eigenvalue weighted by Gasteiger charge is -2.10.